The van der Waals surface area contributed by atoms with E-state index < -0.39 is 6.43 Å². The number of pyridine rings is 1. The van der Waals surface area contributed by atoms with Gasteiger partial charge in [0.25, 0.3) is 6.43 Å². The zero-order chi connectivity index (χ0) is 13.8. The van der Waals surface area contributed by atoms with Gasteiger partial charge in [0.15, 0.2) is 0 Å². The van der Waals surface area contributed by atoms with E-state index in [0.717, 1.165) is 5.69 Å². The molecule has 0 aliphatic carbocycles. The van der Waals surface area contributed by atoms with E-state index in [2.05, 4.69) is 4.98 Å². The fourth-order valence-corrected chi connectivity index (χ4v) is 1.74. The van der Waals surface area contributed by atoms with Crippen LogP contribution < -0.4 is 10.5 Å². The molecule has 1 aromatic carbocycles. The van der Waals surface area contributed by atoms with Crippen LogP contribution in [0, 0.1) is 6.92 Å². The lowest BCUT2D eigenvalue weighted by Crippen LogP contribution is -2.05. The molecule has 0 atom stereocenters. The Kier molecular flexibility index (Phi) is 3.94. The maximum Gasteiger partial charge on any atom is 0.264 e. The first kappa shape index (κ1) is 13.3. The molecule has 2 aromatic rings. The third-order valence-corrected chi connectivity index (χ3v) is 2.71. The summed E-state index contributed by atoms with van der Waals surface area (Å²) in [7, 11) is 0. The standard InChI is InChI=1S/C14H14F2N2O/c1-9-4-2-7-13(18-9)19-8-11-10(14(15)16)5-3-6-12(11)17/h2-7,14H,8,17H2,1H3. The number of halogens is 2. The normalized spacial score (nSPS) is 10.7. The molecule has 2 N–H and O–H groups in total. The number of ether oxygens (including phenoxy) is 1. The zero-order valence-electron chi connectivity index (χ0n) is 10.4. The van der Waals surface area contributed by atoms with Crippen LogP contribution in [0.2, 0.25) is 0 Å². The molecule has 0 saturated heterocycles. The summed E-state index contributed by atoms with van der Waals surface area (Å²) in [5, 5.41) is 0. The highest BCUT2D eigenvalue weighted by atomic mass is 19.3. The Balaban J connectivity index is 2.19. The Bertz CT molecular complexity index is 573. The number of rotatable bonds is 4. The number of anilines is 1. The Hall–Kier alpha value is -2.17. The summed E-state index contributed by atoms with van der Waals surface area (Å²) in [4.78, 5) is 4.14. The second-order valence-electron chi connectivity index (χ2n) is 4.12. The van der Waals surface area contributed by atoms with E-state index >= 15 is 0 Å². The first-order chi connectivity index (χ1) is 9.08. The summed E-state index contributed by atoms with van der Waals surface area (Å²) in [6.07, 6.45) is -2.58. The number of aryl methyl sites for hydroxylation is 1. The predicted octanol–water partition coefficient (Wildman–Crippen LogP) is 3.49. The molecule has 0 aliphatic heterocycles. The quantitative estimate of drug-likeness (QED) is 0.860. The van der Waals surface area contributed by atoms with Crippen molar-refractivity contribution in [1.82, 2.24) is 4.98 Å². The number of nitrogen functional groups attached to an aromatic ring is 1. The van der Waals surface area contributed by atoms with Crippen molar-refractivity contribution in [2.75, 3.05) is 5.73 Å². The number of aromatic nitrogens is 1. The van der Waals surface area contributed by atoms with Crippen LogP contribution in [0.25, 0.3) is 0 Å². The van der Waals surface area contributed by atoms with Crippen LogP contribution in [0.4, 0.5) is 14.5 Å². The average molecular weight is 264 g/mol. The molecule has 0 radical (unpaired) electrons. The molecule has 0 amide bonds. The lowest BCUT2D eigenvalue weighted by Gasteiger charge is -2.12. The van der Waals surface area contributed by atoms with Crippen molar-refractivity contribution in [3.63, 3.8) is 0 Å². The molecule has 3 nitrogen and oxygen atoms in total. The topological polar surface area (TPSA) is 48.1 Å². The van der Waals surface area contributed by atoms with Gasteiger partial charge in [-0.1, -0.05) is 18.2 Å². The first-order valence-electron chi connectivity index (χ1n) is 5.80. The van der Waals surface area contributed by atoms with E-state index in [4.69, 9.17) is 10.5 Å². The highest BCUT2D eigenvalue weighted by Gasteiger charge is 2.15. The van der Waals surface area contributed by atoms with Crippen molar-refractivity contribution in [1.29, 1.82) is 0 Å². The molecular formula is C14H14F2N2O. The smallest absolute Gasteiger partial charge is 0.264 e. The lowest BCUT2D eigenvalue weighted by molar-refractivity contribution is 0.148. The Labute approximate surface area is 110 Å². The van der Waals surface area contributed by atoms with Gasteiger partial charge in [0.1, 0.15) is 6.61 Å². The van der Waals surface area contributed by atoms with Gasteiger partial charge in [0.05, 0.1) is 0 Å². The minimum absolute atomic E-state index is 0.0250. The second-order valence-corrected chi connectivity index (χ2v) is 4.12. The second kappa shape index (κ2) is 5.65. The largest absolute Gasteiger partial charge is 0.473 e. The summed E-state index contributed by atoms with van der Waals surface area (Å²) in [6, 6.07) is 9.73. The van der Waals surface area contributed by atoms with Crippen LogP contribution >= 0.6 is 0 Å². The van der Waals surface area contributed by atoms with Crippen molar-refractivity contribution in [2.45, 2.75) is 20.0 Å². The predicted molar refractivity (Wildman–Crippen MR) is 69.1 cm³/mol. The van der Waals surface area contributed by atoms with Crippen LogP contribution in [0.5, 0.6) is 5.88 Å². The van der Waals surface area contributed by atoms with Gasteiger partial charge in [-0.2, -0.15) is 0 Å². The van der Waals surface area contributed by atoms with Crippen molar-refractivity contribution >= 4 is 5.69 Å². The number of alkyl halides is 2. The molecule has 0 bridgehead atoms. The Morgan fingerprint density at radius 3 is 2.63 bits per heavy atom. The van der Waals surface area contributed by atoms with Gasteiger partial charge < -0.3 is 10.5 Å². The van der Waals surface area contributed by atoms with Crippen LogP contribution in [-0.2, 0) is 6.61 Å². The molecule has 2 rings (SSSR count). The third-order valence-electron chi connectivity index (χ3n) is 2.71. The molecule has 0 fully saturated rings. The van der Waals surface area contributed by atoms with E-state index in [-0.39, 0.29) is 12.2 Å². The molecule has 5 heteroatoms. The summed E-state index contributed by atoms with van der Waals surface area (Å²) in [6.45, 7) is 1.80. The molecule has 19 heavy (non-hydrogen) atoms. The van der Waals surface area contributed by atoms with Gasteiger partial charge >= 0.3 is 0 Å². The number of hydrogen-bond donors (Lipinski definition) is 1. The van der Waals surface area contributed by atoms with Gasteiger partial charge in [0, 0.05) is 28.6 Å². The maximum atomic E-state index is 12.9. The number of nitrogens with two attached hydrogens (primary N) is 1. The van der Waals surface area contributed by atoms with E-state index in [0.29, 0.717) is 17.1 Å². The van der Waals surface area contributed by atoms with Gasteiger partial charge in [-0.25, -0.2) is 13.8 Å². The van der Waals surface area contributed by atoms with Crippen LogP contribution in [0.3, 0.4) is 0 Å². The highest BCUT2D eigenvalue weighted by Crippen LogP contribution is 2.27. The van der Waals surface area contributed by atoms with E-state index in [1.54, 1.807) is 18.2 Å². The Morgan fingerprint density at radius 2 is 1.95 bits per heavy atom. The Morgan fingerprint density at radius 1 is 1.21 bits per heavy atom. The van der Waals surface area contributed by atoms with E-state index in [1.807, 2.05) is 13.0 Å². The number of nitrogens with zero attached hydrogens (tertiary/aromatic N) is 1. The number of hydrogen-bond acceptors (Lipinski definition) is 3. The van der Waals surface area contributed by atoms with Crippen molar-refractivity contribution in [3.05, 3.63) is 53.2 Å². The molecule has 0 unspecified atom stereocenters. The highest BCUT2D eigenvalue weighted by molar-refractivity contribution is 5.51. The molecule has 100 valence electrons. The van der Waals surface area contributed by atoms with Gasteiger partial charge in [-0.3, -0.25) is 0 Å². The fraction of sp³-hybridized carbons (Fsp3) is 0.214. The summed E-state index contributed by atoms with van der Waals surface area (Å²) >= 11 is 0. The van der Waals surface area contributed by atoms with Crippen LogP contribution in [0.15, 0.2) is 36.4 Å². The van der Waals surface area contributed by atoms with Crippen molar-refractivity contribution in [2.24, 2.45) is 0 Å². The first-order valence-corrected chi connectivity index (χ1v) is 5.80. The van der Waals surface area contributed by atoms with Gasteiger partial charge in [-0.05, 0) is 19.1 Å². The zero-order valence-corrected chi connectivity index (χ0v) is 10.4. The van der Waals surface area contributed by atoms with Crippen molar-refractivity contribution in [3.8, 4) is 5.88 Å². The maximum absolute atomic E-state index is 12.9. The van der Waals surface area contributed by atoms with E-state index in [9.17, 15) is 8.78 Å². The van der Waals surface area contributed by atoms with Crippen molar-refractivity contribution < 1.29 is 13.5 Å². The molecule has 0 saturated carbocycles. The monoisotopic (exact) mass is 264 g/mol. The van der Waals surface area contributed by atoms with Crippen LogP contribution in [0.1, 0.15) is 23.2 Å². The fourth-order valence-electron chi connectivity index (χ4n) is 1.74. The third kappa shape index (κ3) is 3.19. The average Bonchev–Trinajstić information content (AvgIpc) is 2.37. The van der Waals surface area contributed by atoms with E-state index in [1.165, 1.54) is 12.1 Å². The summed E-state index contributed by atoms with van der Waals surface area (Å²) in [5.41, 5.74) is 7.02. The molecular weight excluding hydrogens is 250 g/mol. The summed E-state index contributed by atoms with van der Waals surface area (Å²) in [5.74, 6) is 0.392. The van der Waals surface area contributed by atoms with Gasteiger partial charge in [0.2, 0.25) is 5.88 Å². The molecule has 1 heterocycles. The van der Waals surface area contributed by atoms with Crippen LogP contribution in [-0.4, -0.2) is 4.98 Å². The SMILES string of the molecule is Cc1cccc(OCc2c(N)cccc2C(F)F)n1. The lowest BCUT2D eigenvalue weighted by atomic mass is 10.1. The minimum Gasteiger partial charge on any atom is -0.473 e. The number of benzene rings is 1. The molecule has 1 aromatic heterocycles. The molecule has 0 aliphatic rings. The minimum atomic E-state index is -2.58. The summed E-state index contributed by atoms with van der Waals surface area (Å²) < 4.78 is 31.2. The van der Waals surface area contributed by atoms with Gasteiger partial charge in [-0.15, -0.1) is 0 Å². The molecule has 0 spiro atoms.